The second-order valence-corrected chi connectivity index (χ2v) is 28.8. The van der Waals surface area contributed by atoms with Crippen molar-refractivity contribution in [2.75, 3.05) is 50.5 Å². The Labute approximate surface area is 579 Å². The van der Waals surface area contributed by atoms with Gasteiger partial charge in [0, 0.05) is 86.2 Å². The maximum absolute atomic E-state index is 13.8. The highest BCUT2D eigenvalue weighted by molar-refractivity contribution is 7.22. The first kappa shape index (κ1) is 70.1. The number of imide groups is 1. The Hall–Kier alpha value is -9.77. The third-order valence-corrected chi connectivity index (χ3v) is 20.5. The van der Waals surface area contributed by atoms with E-state index in [2.05, 4.69) is 34.8 Å². The summed E-state index contributed by atoms with van der Waals surface area (Å²) in [4.78, 5) is 114. The van der Waals surface area contributed by atoms with E-state index in [0.29, 0.717) is 69.8 Å². The minimum atomic E-state index is -1.98. The standard InChI is InChI=1S/C73H79N9O17S/c1-42-49(46-21-22-50(77-59(46)65(91)92)45-20-19-44-13-10-14-47(48(44)33-45)64(90)79-68-78-51-15-7-8-16-54(51)100-68)34-75-82(42)41-72-36-70(2)35-71(3,37-72)39-73(38-70,40-72)97-31-29-80(4)69(95)96-30-11-12-43-18-23-53(98-67-62(89)60(87)61(88)63(99-67)66(93)94)52(32-43)76-56(84)26-27-74-55(83)17-6-5-9-28-81-57(85)24-25-58(81)86/h7-8,10-16,18-25,32-34,60-63,67,87-89H,5-6,9,17,26-31,35-41H2,1-4H3,(H,74,83)(H,76,84)(H,91,92)(H,93,94)(H,78,79,90)/b12-11+/t60-,61-,62+,63-,67+,70?,71?,72?,73?/m0/s1. The number of para-hydroxylation sites is 1. The van der Waals surface area contributed by atoms with E-state index in [4.69, 9.17) is 29.0 Å². The molecule has 524 valence electrons. The third kappa shape index (κ3) is 15.3. The fourth-order valence-corrected chi connectivity index (χ4v) is 17.0. The highest BCUT2D eigenvalue weighted by atomic mass is 32.1. The lowest BCUT2D eigenvalue weighted by atomic mass is 9.39. The fraction of sp³-hybridized carbons (Fsp3) is 0.411. The summed E-state index contributed by atoms with van der Waals surface area (Å²) in [5.41, 5.74) is 3.83. The minimum absolute atomic E-state index is 0.0240. The van der Waals surface area contributed by atoms with E-state index in [1.165, 1.54) is 40.5 Å². The number of thiazole rings is 1. The van der Waals surface area contributed by atoms with Gasteiger partial charge in [0.15, 0.2) is 16.9 Å². The zero-order valence-electron chi connectivity index (χ0n) is 55.7. The van der Waals surface area contributed by atoms with Crippen LogP contribution >= 0.6 is 11.3 Å². The van der Waals surface area contributed by atoms with Gasteiger partial charge in [-0.1, -0.05) is 80.1 Å². The SMILES string of the molecule is Cc1c(-c2ccc(-c3ccc4cccc(C(=O)Nc5nc6ccccc6s5)c4c3)nc2C(=O)O)cnn1CC12CC3(C)CC(C)(C1)CC(OCCN(C)C(=O)OC/C=C/c1ccc(O[C@@H]4O[C@H](C(=O)O)[C@@H](O)[C@H](O)[C@H]4O)c(NC(=O)CCNC(=O)CCCCCN4C(=O)C=CC4=O)c1)(C3)C2. The number of hydrogen-bond donors (Lipinski definition) is 8. The van der Waals surface area contributed by atoms with Gasteiger partial charge in [0.25, 0.3) is 17.7 Å². The lowest BCUT2D eigenvalue weighted by Gasteiger charge is -2.69. The van der Waals surface area contributed by atoms with Gasteiger partial charge < -0.3 is 60.0 Å². The maximum atomic E-state index is 13.8. The van der Waals surface area contributed by atoms with Gasteiger partial charge in [-0.2, -0.15) is 5.10 Å². The molecular weight excluding hydrogens is 1310 g/mol. The number of pyridine rings is 1. The monoisotopic (exact) mass is 1390 g/mol. The minimum Gasteiger partial charge on any atom is -0.479 e. The van der Waals surface area contributed by atoms with Crippen LogP contribution in [0.2, 0.25) is 0 Å². The molecule has 6 aliphatic rings. The zero-order chi connectivity index (χ0) is 70.8. The summed E-state index contributed by atoms with van der Waals surface area (Å²) >= 11 is 1.39. The van der Waals surface area contributed by atoms with Gasteiger partial charge in [0.1, 0.15) is 30.7 Å². The molecule has 7 atom stereocenters. The van der Waals surface area contributed by atoms with Crippen molar-refractivity contribution in [3.63, 3.8) is 0 Å². The molecule has 1 saturated heterocycles. The highest BCUT2D eigenvalue weighted by Crippen LogP contribution is 2.72. The van der Waals surface area contributed by atoms with Crippen LogP contribution in [0.5, 0.6) is 5.75 Å². The molecule has 4 aliphatic carbocycles. The quantitative estimate of drug-likeness (QED) is 0.0176. The average molecular weight is 1390 g/mol. The molecule has 4 aromatic carbocycles. The Morgan fingerprint density at radius 2 is 1.56 bits per heavy atom. The number of aliphatic hydroxyl groups is 3. The normalized spacial score (nSPS) is 24.5. The lowest BCUT2D eigenvalue weighted by Crippen LogP contribution is -2.64. The molecule has 5 fully saturated rings. The van der Waals surface area contributed by atoms with Crippen molar-refractivity contribution in [3.8, 4) is 28.1 Å². The number of amides is 6. The molecule has 8 N–H and O–H groups in total. The molecule has 0 spiro atoms. The van der Waals surface area contributed by atoms with E-state index in [9.17, 15) is 63.9 Å². The van der Waals surface area contributed by atoms with Crippen LogP contribution in [0.1, 0.15) is 117 Å². The Bertz CT molecular complexity index is 4360. The predicted molar refractivity (Wildman–Crippen MR) is 368 cm³/mol. The number of carbonyl (C=O) groups is 8. The number of hydrogen-bond acceptors (Lipinski definition) is 19. The molecule has 7 aromatic rings. The third-order valence-electron chi connectivity index (χ3n) is 19.5. The Morgan fingerprint density at radius 3 is 2.31 bits per heavy atom. The number of likely N-dealkylation sites (N-methyl/N-ethyl adjacent to an activating group) is 1. The molecule has 5 heterocycles. The first-order valence-corrected chi connectivity index (χ1v) is 34.1. The molecule has 4 saturated carbocycles. The number of aromatic nitrogens is 4. The summed E-state index contributed by atoms with van der Waals surface area (Å²) in [6.45, 7) is 7.75. The van der Waals surface area contributed by atoms with Crippen molar-refractivity contribution in [2.45, 2.75) is 134 Å². The molecule has 27 heteroatoms. The molecule has 6 amide bonds. The van der Waals surface area contributed by atoms with Crippen LogP contribution in [0.15, 0.2) is 115 Å². The smallest absolute Gasteiger partial charge is 0.409 e. The summed E-state index contributed by atoms with van der Waals surface area (Å²) in [5.74, 6) is -4.88. The number of benzene rings is 4. The molecule has 100 heavy (non-hydrogen) atoms. The number of carboxylic acid groups (broad SMARTS) is 2. The molecular formula is C73H79N9O17S. The van der Waals surface area contributed by atoms with Crippen molar-refractivity contribution in [3.05, 3.63) is 138 Å². The molecule has 13 rings (SSSR count). The van der Waals surface area contributed by atoms with Crippen LogP contribution in [0.3, 0.4) is 0 Å². The van der Waals surface area contributed by atoms with Gasteiger partial charge in [-0.05, 0) is 145 Å². The summed E-state index contributed by atoms with van der Waals surface area (Å²) < 4.78 is 26.7. The van der Waals surface area contributed by atoms with Gasteiger partial charge in [-0.25, -0.2) is 24.4 Å². The maximum Gasteiger partial charge on any atom is 0.409 e. The van der Waals surface area contributed by atoms with Gasteiger partial charge in [-0.3, -0.25) is 38.9 Å². The van der Waals surface area contributed by atoms with Crippen LogP contribution in [0.4, 0.5) is 15.6 Å². The molecule has 4 bridgehead atoms. The van der Waals surface area contributed by atoms with Gasteiger partial charge in [0.2, 0.25) is 18.1 Å². The Kier molecular flexibility index (Phi) is 20.2. The second-order valence-electron chi connectivity index (χ2n) is 27.7. The molecule has 3 aromatic heterocycles. The number of nitrogens with one attached hydrogen (secondary N) is 3. The van der Waals surface area contributed by atoms with E-state index in [1.54, 1.807) is 49.7 Å². The summed E-state index contributed by atoms with van der Waals surface area (Å²) in [6.07, 6.45) is 4.12. The van der Waals surface area contributed by atoms with Crippen molar-refractivity contribution in [1.29, 1.82) is 0 Å². The molecule has 2 aliphatic heterocycles. The summed E-state index contributed by atoms with van der Waals surface area (Å²) in [5, 5.41) is 67.0. The Morgan fingerprint density at radius 1 is 0.790 bits per heavy atom. The number of aliphatic carboxylic acids is 1. The summed E-state index contributed by atoms with van der Waals surface area (Å²) in [6, 6.07) is 26.8. The predicted octanol–water partition coefficient (Wildman–Crippen LogP) is 8.75. The van der Waals surface area contributed by atoms with E-state index < -0.39 is 60.2 Å². The zero-order valence-corrected chi connectivity index (χ0v) is 56.5. The van der Waals surface area contributed by atoms with Crippen LogP contribution in [-0.2, 0) is 44.7 Å². The summed E-state index contributed by atoms with van der Waals surface area (Å²) in [7, 11) is 1.62. The number of carboxylic acids is 2. The number of nitrogens with zero attached hydrogens (tertiary/aromatic N) is 6. The average Bonchev–Trinajstić information content (AvgIpc) is 0.742. The van der Waals surface area contributed by atoms with E-state index in [-0.39, 0.29) is 103 Å². The van der Waals surface area contributed by atoms with Crippen molar-refractivity contribution >= 4 is 96.8 Å². The number of carbonyl (C=O) groups excluding carboxylic acids is 6. The van der Waals surface area contributed by atoms with Crippen molar-refractivity contribution < 1.29 is 82.8 Å². The van der Waals surface area contributed by atoms with Crippen molar-refractivity contribution in [2.24, 2.45) is 16.2 Å². The van der Waals surface area contributed by atoms with Gasteiger partial charge in [-0.15, -0.1) is 0 Å². The number of rotatable bonds is 27. The van der Waals surface area contributed by atoms with Gasteiger partial charge >= 0.3 is 18.0 Å². The van der Waals surface area contributed by atoms with E-state index in [1.807, 2.05) is 66.2 Å². The number of aromatic carboxylic acids is 1. The first-order chi connectivity index (χ1) is 47.8. The van der Waals surface area contributed by atoms with E-state index >= 15 is 0 Å². The molecule has 26 nitrogen and oxygen atoms in total. The van der Waals surface area contributed by atoms with Crippen LogP contribution in [0, 0.1) is 23.2 Å². The number of unbranched alkanes of at least 4 members (excludes halogenated alkanes) is 2. The molecule has 0 radical (unpaired) electrons. The highest BCUT2D eigenvalue weighted by Gasteiger charge is 2.66. The number of ether oxygens (including phenoxy) is 4. The van der Waals surface area contributed by atoms with E-state index in [0.717, 1.165) is 64.7 Å². The van der Waals surface area contributed by atoms with Crippen molar-refractivity contribution in [1.82, 2.24) is 34.9 Å². The number of fused-ring (bicyclic) bond motifs is 2. The van der Waals surface area contributed by atoms with Crippen LogP contribution in [-0.4, -0.2) is 179 Å². The largest absolute Gasteiger partial charge is 0.479 e. The van der Waals surface area contributed by atoms with Crippen LogP contribution in [0.25, 0.3) is 49.4 Å². The Balaban J connectivity index is 0.654. The molecule has 2 unspecified atom stereocenters. The topological polar surface area (TPSA) is 361 Å². The second kappa shape index (κ2) is 28.8. The van der Waals surface area contributed by atoms with Gasteiger partial charge in [0.05, 0.1) is 40.0 Å². The lowest BCUT2D eigenvalue weighted by molar-refractivity contribution is -0.271. The first-order valence-electron chi connectivity index (χ1n) is 33.3. The van der Waals surface area contributed by atoms with Crippen LogP contribution < -0.4 is 20.7 Å². The number of anilines is 2. The number of aliphatic hydroxyl groups excluding tert-OH is 3. The fourth-order valence-electron chi connectivity index (χ4n) is 16.1.